The van der Waals surface area contributed by atoms with E-state index in [2.05, 4.69) is 4.98 Å². The summed E-state index contributed by atoms with van der Waals surface area (Å²) in [5.41, 5.74) is 0.145. The lowest BCUT2D eigenvalue weighted by Gasteiger charge is -2.22. The monoisotopic (exact) mass is 527 g/mol. The molecule has 1 aliphatic rings. The van der Waals surface area contributed by atoms with Crippen LogP contribution in [0.3, 0.4) is 0 Å². The van der Waals surface area contributed by atoms with Crippen LogP contribution in [0.2, 0.25) is 5.02 Å². The summed E-state index contributed by atoms with van der Waals surface area (Å²) in [4.78, 5) is 55.1. The van der Waals surface area contributed by atoms with Gasteiger partial charge in [0.15, 0.2) is 5.13 Å². The Morgan fingerprint density at radius 2 is 1.94 bits per heavy atom. The Hall–Kier alpha value is -4.09. The number of ether oxygens (including phenoxy) is 1. The van der Waals surface area contributed by atoms with Gasteiger partial charge >= 0.3 is 11.9 Å². The Morgan fingerprint density at radius 3 is 2.58 bits per heavy atom. The molecule has 1 N–H and O–H groups in total. The zero-order valence-electron chi connectivity index (χ0n) is 18.9. The number of nitro groups is 1. The molecule has 36 heavy (non-hydrogen) atoms. The second-order valence-corrected chi connectivity index (χ2v) is 9.07. The first-order valence-electron chi connectivity index (χ1n) is 10.6. The Bertz CT molecular complexity index is 1430. The van der Waals surface area contributed by atoms with Crippen LogP contribution < -0.4 is 4.90 Å². The molecule has 2 heterocycles. The number of nitro benzene ring substituents is 1. The minimum Gasteiger partial charge on any atom is -0.507 e. The maximum Gasteiger partial charge on any atom is 0.350 e. The third-order valence-electron chi connectivity index (χ3n) is 5.41. The fraction of sp³-hybridized carbons (Fsp3) is 0.167. The molecule has 4 rings (SSSR count). The average molecular weight is 528 g/mol. The van der Waals surface area contributed by atoms with Crippen molar-refractivity contribution in [3.8, 4) is 0 Å². The number of anilines is 1. The van der Waals surface area contributed by atoms with Gasteiger partial charge in [-0.05, 0) is 43.7 Å². The van der Waals surface area contributed by atoms with Crippen LogP contribution >= 0.6 is 22.9 Å². The van der Waals surface area contributed by atoms with Gasteiger partial charge in [0.05, 0.1) is 28.8 Å². The van der Waals surface area contributed by atoms with Crippen LogP contribution in [0.25, 0.3) is 5.76 Å². The number of aromatic nitrogens is 1. The summed E-state index contributed by atoms with van der Waals surface area (Å²) in [5, 5.41) is 22.9. The molecule has 0 radical (unpaired) electrons. The second kappa shape index (κ2) is 9.88. The summed E-state index contributed by atoms with van der Waals surface area (Å²) in [6, 6.07) is 10.1. The average Bonchev–Trinajstić information content (AvgIpc) is 3.36. The van der Waals surface area contributed by atoms with Crippen LogP contribution in [-0.2, 0) is 14.3 Å². The van der Waals surface area contributed by atoms with Crippen molar-refractivity contribution in [2.24, 2.45) is 0 Å². The third-order valence-corrected chi connectivity index (χ3v) is 6.80. The molecule has 0 bridgehead atoms. The van der Waals surface area contributed by atoms with Gasteiger partial charge in [0.25, 0.3) is 11.5 Å². The molecule has 3 aromatic rings. The lowest BCUT2D eigenvalue weighted by atomic mass is 9.95. The van der Waals surface area contributed by atoms with Gasteiger partial charge in [-0.15, -0.1) is 0 Å². The van der Waals surface area contributed by atoms with Crippen LogP contribution in [0, 0.1) is 17.0 Å². The van der Waals surface area contributed by atoms with Crippen molar-refractivity contribution in [2.45, 2.75) is 19.9 Å². The maximum absolute atomic E-state index is 13.3. The predicted octanol–water partition coefficient (Wildman–Crippen LogP) is 4.82. The minimum atomic E-state index is -1.25. The molecule has 0 aliphatic carbocycles. The number of aliphatic hydroxyl groups excluding tert-OH is 1. The zero-order valence-corrected chi connectivity index (χ0v) is 20.5. The molecule has 1 unspecified atom stereocenters. The highest BCUT2D eigenvalue weighted by Crippen LogP contribution is 2.44. The normalized spacial score (nSPS) is 16.9. The fourth-order valence-electron chi connectivity index (χ4n) is 3.79. The summed E-state index contributed by atoms with van der Waals surface area (Å²) < 4.78 is 5.04. The van der Waals surface area contributed by atoms with Crippen LogP contribution in [0.4, 0.5) is 10.8 Å². The van der Waals surface area contributed by atoms with Gasteiger partial charge in [-0.3, -0.25) is 24.6 Å². The van der Waals surface area contributed by atoms with Crippen LogP contribution in [0.15, 0.2) is 54.1 Å². The number of rotatable bonds is 6. The number of amides is 1. The standard InChI is InChI=1S/C24H18ClN3O7S/c1-3-35-23(32)21-12(2)26-24(36-21)27-18(14-5-4-6-16(11-14)28(33)34)17(20(30)22(27)31)19(29)13-7-9-15(25)10-8-13/h4-11,18,29H,3H2,1-2H3. The van der Waals surface area contributed by atoms with E-state index in [1.807, 2.05) is 0 Å². The zero-order chi connectivity index (χ0) is 26.1. The quantitative estimate of drug-likeness (QED) is 0.120. The highest BCUT2D eigenvalue weighted by atomic mass is 35.5. The highest BCUT2D eigenvalue weighted by molar-refractivity contribution is 7.17. The topological polar surface area (TPSA) is 140 Å². The molecule has 1 aliphatic heterocycles. The van der Waals surface area contributed by atoms with Gasteiger partial charge in [-0.1, -0.05) is 35.1 Å². The van der Waals surface area contributed by atoms with Crippen molar-refractivity contribution in [1.82, 2.24) is 4.98 Å². The Morgan fingerprint density at radius 1 is 1.25 bits per heavy atom. The molecule has 0 saturated carbocycles. The van der Waals surface area contributed by atoms with E-state index in [0.29, 0.717) is 5.02 Å². The van der Waals surface area contributed by atoms with Gasteiger partial charge in [0.2, 0.25) is 0 Å². The number of hydrogen-bond donors (Lipinski definition) is 1. The number of aryl methyl sites for hydroxylation is 1. The molecule has 1 fully saturated rings. The number of halogens is 1. The number of carbonyl (C=O) groups is 3. The summed E-state index contributed by atoms with van der Waals surface area (Å²) in [6.45, 7) is 3.33. The van der Waals surface area contributed by atoms with E-state index in [4.69, 9.17) is 16.3 Å². The van der Waals surface area contributed by atoms with Gasteiger partial charge in [-0.25, -0.2) is 9.78 Å². The predicted molar refractivity (Wildman–Crippen MR) is 132 cm³/mol. The lowest BCUT2D eigenvalue weighted by molar-refractivity contribution is -0.384. The van der Waals surface area contributed by atoms with Crippen molar-refractivity contribution in [2.75, 3.05) is 11.5 Å². The van der Waals surface area contributed by atoms with Gasteiger partial charge in [-0.2, -0.15) is 0 Å². The number of nitrogens with zero attached hydrogens (tertiary/aromatic N) is 3. The SMILES string of the molecule is CCOC(=O)c1sc(N2C(=O)C(=O)C(=C(O)c3ccc(Cl)cc3)C2c2cccc([N+](=O)[O-])c2)nc1C. The molecule has 184 valence electrons. The molecule has 1 atom stereocenters. The van der Waals surface area contributed by atoms with E-state index in [-0.39, 0.29) is 44.7 Å². The number of Topliss-reactive ketones (excluding diaryl/α,β-unsaturated/α-hetero) is 1. The number of non-ortho nitro benzene ring substituents is 1. The number of carbonyl (C=O) groups excluding carboxylic acids is 3. The lowest BCUT2D eigenvalue weighted by Crippen LogP contribution is -2.29. The molecule has 1 amide bonds. The molecule has 0 spiro atoms. The van der Waals surface area contributed by atoms with Crippen molar-refractivity contribution >= 4 is 57.2 Å². The first kappa shape index (κ1) is 25.0. The molecule has 10 nitrogen and oxygen atoms in total. The summed E-state index contributed by atoms with van der Waals surface area (Å²) in [6.07, 6.45) is 0. The largest absolute Gasteiger partial charge is 0.507 e. The summed E-state index contributed by atoms with van der Waals surface area (Å²) in [5.74, 6) is -3.14. The van der Waals surface area contributed by atoms with E-state index >= 15 is 0 Å². The van der Waals surface area contributed by atoms with Gasteiger partial charge < -0.3 is 9.84 Å². The first-order chi connectivity index (χ1) is 17.1. The maximum atomic E-state index is 13.3. The van der Waals surface area contributed by atoms with E-state index in [1.54, 1.807) is 13.8 Å². The molecular weight excluding hydrogens is 510 g/mol. The summed E-state index contributed by atoms with van der Waals surface area (Å²) in [7, 11) is 0. The third kappa shape index (κ3) is 4.45. The molecular formula is C24H18ClN3O7S. The molecule has 1 aromatic heterocycles. The van der Waals surface area contributed by atoms with Crippen molar-refractivity contribution in [3.63, 3.8) is 0 Å². The highest BCUT2D eigenvalue weighted by Gasteiger charge is 2.48. The van der Waals surface area contributed by atoms with Crippen molar-refractivity contribution in [3.05, 3.63) is 90.9 Å². The van der Waals surface area contributed by atoms with Crippen LogP contribution in [0.5, 0.6) is 0 Å². The number of benzene rings is 2. The fourth-order valence-corrected chi connectivity index (χ4v) is 4.90. The van der Waals surface area contributed by atoms with Crippen LogP contribution in [-0.4, -0.2) is 39.3 Å². The number of thiazole rings is 1. The molecule has 1 saturated heterocycles. The van der Waals surface area contributed by atoms with E-state index in [9.17, 15) is 29.6 Å². The van der Waals surface area contributed by atoms with Gasteiger partial charge in [0, 0.05) is 22.7 Å². The number of ketones is 1. The number of aliphatic hydroxyl groups is 1. The minimum absolute atomic E-state index is 0.00400. The Kier molecular flexibility index (Phi) is 6.86. The van der Waals surface area contributed by atoms with E-state index < -0.39 is 34.4 Å². The molecule has 12 heteroatoms. The molecule has 2 aromatic carbocycles. The Balaban J connectivity index is 1.94. The number of hydrogen-bond acceptors (Lipinski definition) is 9. The smallest absolute Gasteiger partial charge is 0.350 e. The Labute approximate surface area is 213 Å². The van der Waals surface area contributed by atoms with E-state index in [1.165, 1.54) is 48.5 Å². The van der Waals surface area contributed by atoms with Crippen molar-refractivity contribution < 1.29 is 29.2 Å². The number of esters is 1. The second-order valence-electron chi connectivity index (χ2n) is 7.66. The van der Waals surface area contributed by atoms with E-state index in [0.717, 1.165) is 16.2 Å². The summed E-state index contributed by atoms with van der Waals surface area (Å²) >= 11 is 6.78. The first-order valence-corrected chi connectivity index (χ1v) is 11.8. The van der Waals surface area contributed by atoms with Crippen molar-refractivity contribution in [1.29, 1.82) is 0 Å². The van der Waals surface area contributed by atoms with Crippen LogP contribution in [0.1, 0.15) is 39.5 Å². The van der Waals surface area contributed by atoms with Gasteiger partial charge in [0.1, 0.15) is 10.6 Å².